The maximum Gasteiger partial charge on any atom is 0.243 e. The summed E-state index contributed by atoms with van der Waals surface area (Å²) in [4.78, 5) is 0.234. The number of hydrogen-bond donors (Lipinski definition) is 1. The van der Waals surface area contributed by atoms with Gasteiger partial charge >= 0.3 is 0 Å². The van der Waals surface area contributed by atoms with Gasteiger partial charge in [-0.1, -0.05) is 51.3 Å². The van der Waals surface area contributed by atoms with E-state index in [0.717, 1.165) is 18.4 Å². The van der Waals surface area contributed by atoms with Gasteiger partial charge in [-0.3, -0.25) is 0 Å². The van der Waals surface area contributed by atoms with Crippen LogP contribution < -0.4 is 5.73 Å². The molecule has 0 saturated carbocycles. The minimum absolute atomic E-state index is 0.234. The van der Waals surface area contributed by atoms with Crippen LogP contribution in [0.2, 0.25) is 5.02 Å². The Balaban J connectivity index is 3.09. The number of nitrogens with two attached hydrogens (primary N) is 1. The average Bonchev–Trinajstić information content (AvgIpc) is 2.48. The monoisotopic (exact) mass is 332 g/mol. The van der Waals surface area contributed by atoms with Gasteiger partial charge in [0, 0.05) is 24.7 Å². The second kappa shape index (κ2) is 8.13. The molecular weight excluding hydrogens is 308 g/mol. The molecule has 0 fully saturated rings. The minimum atomic E-state index is -3.51. The molecule has 0 aliphatic carbocycles. The molecule has 6 heteroatoms. The van der Waals surface area contributed by atoms with Crippen LogP contribution in [0.3, 0.4) is 0 Å². The average molecular weight is 333 g/mol. The smallest absolute Gasteiger partial charge is 0.243 e. The van der Waals surface area contributed by atoms with E-state index in [-0.39, 0.29) is 4.90 Å². The molecule has 0 amide bonds. The zero-order chi connectivity index (χ0) is 16.0. The Hall–Kier alpha value is -0.620. The van der Waals surface area contributed by atoms with Crippen molar-refractivity contribution in [2.45, 2.75) is 45.1 Å². The highest BCUT2D eigenvalue weighted by Gasteiger charge is 2.25. The lowest BCUT2D eigenvalue weighted by atomic mass is 10.0. The van der Waals surface area contributed by atoms with Crippen molar-refractivity contribution in [2.24, 2.45) is 11.7 Å². The molecule has 0 atom stereocenters. The summed E-state index contributed by atoms with van der Waals surface area (Å²) in [5, 5.41) is 0.400. The third kappa shape index (κ3) is 4.42. The highest BCUT2D eigenvalue weighted by molar-refractivity contribution is 7.89. The Kier molecular flexibility index (Phi) is 7.13. The molecule has 0 heterocycles. The molecule has 0 aromatic heterocycles. The van der Waals surface area contributed by atoms with E-state index in [0.29, 0.717) is 30.6 Å². The molecule has 1 rings (SSSR count). The van der Waals surface area contributed by atoms with Crippen molar-refractivity contribution < 1.29 is 8.42 Å². The molecule has 0 bridgehead atoms. The second-order valence-corrected chi connectivity index (χ2v) is 7.44. The Morgan fingerprint density at radius 3 is 2.29 bits per heavy atom. The van der Waals surface area contributed by atoms with E-state index in [2.05, 4.69) is 13.8 Å². The molecule has 0 saturated heterocycles. The molecule has 0 unspecified atom stereocenters. The fourth-order valence-electron chi connectivity index (χ4n) is 2.24. The van der Waals surface area contributed by atoms with Crippen molar-refractivity contribution in [3.63, 3.8) is 0 Å². The van der Waals surface area contributed by atoms with Crippen LogP contribution in [-0.2, 0) is 16.6 Å². The summed E-state index contributed by atoms with van der Waals surface area (Å²) >= 11 is 6.08. The van der Waals surface area contributed by atoms with Crippen molar-refractivity contribution in [3.8, 4) is 0 Å². The largest absolute Gasteiger partial charge is 0.326 e. The number of halogens is 1. The van der Waals surface area contributed by atoms with E-state index in [1.807, 2.05) is 6.92 Å². The molecule has 0 spiro atoms. The zero-order valence-electron chi connectivity index (χ0n) is 13.0. The number of hydrogen-bond acceptors (Lipinski definition) is 3. The summed E-state index contributed by atoms with van der Waals surface area (Å²) in [5.74, 6) is 0.374. The van der Waals surface area contributed by atoms with Gasteiger partial charge in [0.15, 0.2) is 0 Å². The van der Waals surface area contributed by atoms with Crippen molar-refractivity contribution >= 4 is 21.6 Å². The van der Waals surface area contributed by atoms with Crippen LogP contribution in [0, 0.1) is 5.92 Å². The number of sulfonamides is 1. The van der Waals surface area contributed by atoms with E-state index >= 15 is 0 Å². The van der Waals surface area contributed by atoms with Crippen molar-refractivity contribution in [3.05, 3.63) is 28.8 Å². The third-order valence-corrected chi connectivity index (χ3v) is 6.14. The van der Waals surface area contributed by atoms with Gasteiger partial charge < -0.3 is 5.73 Å². The maximum atomic E-state index is 12.7. The minimum Gasteiger partial charge on any atom is -0.326 e. The van der Waals surface area contributed by atoms with Crippen molar-refractivity contribution in [1.29, 1.82) is 0 Å². The predicted molar refractivity (Wildman–Crippen MR) is 87.8 cm³/mol. The SMILES string of the molecule is CCC(CC)CN(CC)S(=O)(=O)c1ccc(CN)c(Cl)c1. The van der Waals surface area contributed by atoms with Gasteiger partial charge in [0.25, 0.3) is 0 Å². The summed E-state index contributed by atoms with van der Waals surface area (Å²) in [7, 11) is -3.51. The first kappa shape index (κ1) is 18.4. The summed E-state index contributed by atoms with van der Waals surface area (Å²) < 4.78 is 27.0. The second-order valence-electron chi connectivity index (χ2n) is 5.10. The van der Waals surface area contributed by atoms with E-state index in [4.69, 9.17) is 17.3 Å². The lowest BCUT2D eigenvalue weighted by molar-refractivity contribution is 0.339. The first-order chi connectivity index (χ1) is 9.90. The van der Waals surface area contributed by atoms with Gasteiger partial charge in [-0.05, 0) is 23.6 Å². The predicted octanol–water partition coefficient (Wildman–Crippen LogP) is 3.25. The quantitative estimate of drug-likeness (QED) is 0.794. The van der Waals surface area contributed by atoms with Crippen LogP contribution in [0.1, 0.15) is 39.2 Å². The Morgan fingerprint density at radius 2 is 1.86 bits per heavy atom. The van der Waals surface area contributed by atoms with E-state index in [1.165, 1.54) is 10.4 Å². The van der Waals surface area contributed by atoms with Gasteiger partial charge in [0.1, 0.15) is 0 Å². The molecule has 0 aliphatic rings. The van der Waals surface area contributed by atoms with Gasteiger partial charge in [-0.2, -0.15) is 4.31 Å². The standard InChI is InChI=1S/C15H25ClN2O2S/c1-4-12(5-2)11-18(6-3)21(19,20)14-8-7-13(10-17)15(16)9-14/h7-9,12H,4-6,10-11,17H2,1-3H3. The number of benzene rings is 1. The third-order valence-electron chi connectivity index (χ3n) is 3.85. The Morgan fingerprint density at radius 1 is 1.24 bits per heavy atom. The lowest BCUT2D eigenvalue weighted by Gasteiger charge is -2.25. The first-order valence-electron chi connectivity index (χ1n) is 7.39. The number of nitrogens with zero attached hydrogens (tertiary/aromatic N) is 1. The summed E-state index contributed by atoms with van der Waals surface area (Å²) in [6, 6.07) is 4.76. The highest BCUT2D eigenvalue weighted by atomic mass is 35.5. The fraction of sp³-hybridized carbons (Fsp3) is 0.600. The molecule has 2 N–H and O–H groups in total. The van der Waals surface area contributed by atoms with E-state index < -0.39 is 10.0 Å². The zero-order valence-corrected chi connectivity index (χ0v) is 14.5. The van der Waals surface area contributed by atoms with Gasteiger partial charge in [-0.15, -0.1) is 0 Å². The molecule has 0 radical (unpaired) electrons. The molecule has 1 aromatic carbocycles. The molecular formula is C15H25ClN2O2S. The van der Waals surface area contributed by atoms with E-state index in [1.54, 1.807) is 12.1 Å². The lowest BCUT2D eigenvalue weighted by Crippen LogP contribution is -2.35. The molecule has 0 aliphatic heterocycles. The van der Waals surface area contributed by atoms with Gasteiger partial charge in [0.2, 0.25) is 10.0 Å². The topological polar surface area (TPSA) is 63.4 Å². The Bertz CT molecular complexity index is 557. The van der Waals surface area contributed by atoms with Crippen molar-refractivity contribution in [1.82, 2.24) is 4.31 Å². The summed E-state index contributed by atoms with van der Waals surface area (Å²) in [6.07, 6.45) is 1.94. The molecule has 4 nitrogen and oxygen atoms in total. The summed E-state index contributed by atoms with van der Waals surface area (Å²) in [5.41, 5.74) is 6.30. The molecule has 120 valence electrons. The van der Waals surface area contributed by atoms with Crippen LogP contribution in [0.25, 0.3) is 0 Å². The summed E-state index contributed by atoms with van der Waals surface area (Å²) in [6.45, 7) is 7.32. The van der Waals surface area contributed by atoms with Gasteiger partial charge in [0.05, 0.1) is 4.90 Å². The number of rotatable bonds is 8. The van der Waals surface area contributed by atoms with Crippen LogP contribution >= 0.6 is 11.6 Å². The van der Waals surface area contributed by atoms with Crippen LogP contribution in [0.15, 0.2) is 23.1 Å². The maximum absolute atomic E-state index is 12.7. The van der Waals surface area contributed by atoms with Crippen LogP contribution in [-0.4, -0.2) is 25.8 Å². The first-order valence-corrected chi connectivity index (χ1v) is 9.21. The molecule has 21 heavy (non-hydrogen) atoms. The highest BCUT2D eigenvalue weighted by Crippen LogP contribution is 2.24. The van der Waals surface area contributed by atoms with Crippen molar-refractivity contribution in [2.75, 3.05) is 13.1 Å². The van der Waals surface area contributed by atoms with E-state index in [9.17, 15) is 8.42 Å². The van der Waals surface area contributed by atoms with Crippen LogP contribution in [0.5, 0.6) is 0 Å². The fourth-order valence-corrected chi connectivity index (χ4v) is 4.11. The normalized spacial score (nSPS) is 12.3. The van der Waals surface area contributed by atoms with Crippen LogP contribution in [0.4, 0.5) is 0 Å². The Labute approximate surface area is 133 Å². The molecule has 1 aromatic rings. The van der Waals surface area contributed by atoms with Gasteiger partial charge in [-0.25, -0.2) is 8.42 Å².